The highest BCUT2D eigenvalue weighted by Crippen LogP contribution is 2.22. The van der Waals surface area contributed by atoms with Crippen molar-refractivity contribution < 1.29 is 8.42 Å². The van der Waals surface area contributed by atoms with Crippen LogP contribution in [-0.2, 0) is 10.0 Å². The van der Waals surface area contributed by atoms with Crippen LogP contribution in [-0.4, -0.2) is 8.42 Å². The van der Waals surface area contributed by atoms with Gasteiger partial charge in [-0.2, -0.15) is 0 Å². The van der Waals surface area contributed by atoms with Crippen molar-refractivity contribution in [2.24, 2.45) is 4.52 Å². The van der Waals surface area contributed by atoms with Crippen molar-refractivity contribution in [2.45, 2.75) is 16.7 Å². The molecule has 0 fully saturated rings. The predicted octanol–water partition coefficient (Wildman–Crippen LogP) is 2.28. The molecule has 0 aliphatic rings. The smallest absolute Gasteiger partial charge is 0.216 e. The fourth-order valence-corrected chi connectivity index (χ4v) is 2.31. The van der Waals surface area contributed by atoms with E-state index in [0.717, 1.165) is 5.56 Å². The number of azide groups is 1. The van der Waals surface area contributed by atoms with Crippen LogP contribution in [0.4, 0.5) is 0 Å². The summed E-state index contributed by atoms with van der Waals surface area (Å²) in [4.78, 5) is 2.45. The average molecular weight is 229 g/mol. The van der Waals surface area contributed by atoms with E-state index in [1.165, 1.54) is 6.07 Å². The van der Waals surface area contributed by atoms with Crippen molar-refractivity contribution in [1.29, 1.82) is 0 Å². The minimum Gasteiger partial charge on any atom is -0.216 e. The summed E-state index contributed by atoms with van der Waals surface area (Å²) in [6.07, 6.45) is 0. The molecule has 74 valence electrons. The largest absolute Gasteiger partial charge is 0.265 e. The lowest BCUT2D eigenvalue weighted by atomic mass is 10.2. The Labute approximate surface area is 86.8 Å². The summed E-state index contributed by atoms with van der Waals surface area (Å²) in [5.74, 6) is 0. The van der Waals surface area contributed by atoms with Crippen molar-refractivity contribution in [1.82, 2.24) is 0 Å². The molecule has 1 aromatic rings. The Morgan fingerprint density at radius 2 is 2.14 bits per heavy atom. The van der Waals surface area contributed by atoms with Gasteiger partial charge in [0.15, 0.2) is 0 Å². The lowest BCUT2D eigenvalue weighted by Crippen LogP contribution is -1.96. The van der Waals surface area contributed by atoms with E-state index in [0.29, 0.717) is 0 Å². The zero-order chi connectivity index (χ0) is 10.8. The van der Waals surface area contributed by atoms with Gasteiger partial charge in [-0.25, -0.2) is 8.42 Å². The second-order valence-electron chi connectivity index (χ2n) is 2.62. The molecule has 0 bridgehead atoms. The van der Waals surface area contributed by atoms with Gasteiger partial charge in [0.05, 0.1) is 4.90 Å². The zero-order valence-electron chi connectivity index (χ0n) is 7.25. The Bertz CT molecular complexity index is 504. The molecule has 7 heteroatoms. The molecule has 0 aliphatic carbocycles. The monoisotopic (exact) mass is 229 g/mol. The molecule has 0 saturated heterocycles. The average Bonchev–Trinajstić information content (AvgIpc) is 2.02. The summed E-state index contributed by atoms with van der Waals surface area (Å²) in [5, 5.41) is 0. The van der Waals surface area contributed by atoms with E-state index < -0.39 is 10.0 Å². The second kappa shape index (κ2) is 3.91. The maximum absolute atomic E-state index is 11.3. The molecule has 1 aromatic carbocycles. The number of benzene rings is 1. The third-order valence-corrected chi connectivity index (χ3v) is 3.26. The van der Waals surface area contributed by atoms with Crippen LogP contribution in [0.3, 0.4) is 0 Å². The summed E-state index contributed by atoms with van der Waals surface area (Å²) in [6, 6.07) is 4.56. The molecule has 5 nitrogen and oxygen atoms in total. The van der Waals surface area contributed by atoms with Gasteiger partial charge in [-0.05, 0) is 30.2 Å². The molecule has 1 rings (SSSR count). The molecule has 0 amide bonds. The second-order valence-corrected chi connectivity index (χ2v) is 4.65. The molecule has 14 heavy (non-hydrogen) atoms. The lowest BCUT2D eigenvalue weighted by molar-refractivity contribution is 0.595. The minimum atomic E-state index is -3.93. The summed E-state index contributed by atoms with van der Waals surface area (Å²) in [6.45, 7) is 1.81. The number of sulfonamides is 1. The van der Waals surface area contributed by atoms with Gasteiger partial charge in [-0.15, -0.1) is 12.6 Å². The minimum absolute atomic E-state index is 0.0794. The van der Waals surface area contributed by atoms with Crippen LogP contribution in [0.15, 0.2) is 32.5 Å². The maximum atomic E-state index is 11.3. The topological polar surface area (TPSA) is 82.9 Å². The van der Waals surface area contributed by atoms with E-state index >= 15 is 0 Å². The number of thiol groups is 1. The number of rotatable bonds is 2. The van der Waals surface area contributed by atoms with Crippen molar-refractivity contribution >= 4 is 22.7 Å². The highest BCUT2D eigenvalue weighted by Gasteiger charge is 2.14. The summed E-state index contributed by atoms with van der Waals surface area (Å²) < 4.78 is 25.3. The SMILES string of the molecule is Cc1ccc(S(=O)(=O)N=[N+]=[N-])c(S)c1. The fourth-order valence-electron chi connectivity index (χ4n) is 0.938. The van der Waals surface area contributed by atoms with Gasteiger partial charge in [0.1, 0.15) is 0 Å². The van der Waals surface area contributed by atoms with Crippen LogP contribution >= 0.6 is 12.6 Å². The quantitative estimate of drug-likeness (QED) is 0.365. The number of hydrogen-bond donors (Lipinski definition) is 1. The fraction of sp³-hybridized carbons (Fsp3) is 0.143. The van der Waals surface area contributed by atoms with Crippen LogP contribution in [0.1, 0.15) is 5.56 Å². The molecule has 0 N–H and O–H groups in total. The Balaban J connectivity index is 3.41. The van der Waals surface area contributed by atoms with E-state index in [2.05, 4.69) is 22.1 Å². The first-order valence-corrected chi connectivity index (χ1v) is 5.47. The van der Waals surface area contributed by atoms with Crippen LogP contribution < -0.4 is 0 Å². The molecule has 0 aliphatic heterocycles. The van der Waals surface area contributed by atoms with Gasteiger partial charge >= 0.3 is 0 Å². The molecule has 0 saturated carbocycles. The van der Waals surface area contributed by atoms with Crippen LogP contribution in [0, 0.1) is 6.92 Å². The van der Waals surface area contributed by atoms with Crippen LogP contribution in [0.25, 0.3) is 10.4 Å². The summed E-state index contributed by atoms with van der Waals surface area (Å²) >= 11 is 3.99. The van der Waals surface area contributed by atoms with Gasteiger partial charge in [-0.1, -0.05) is 6.07 Å². The lowest BCUT2D eigenvalue weighted by Gasteiger charge is -2.02. The van der Waals surface area contributed by atoms with Crippen LogP contribution in [0.2, 0.25) is 0 Å². The number of aryl methyl sites for hydroxylation is 1. The van der Waals surface area contributed by atoms with Crippen molar-refractivity contribution in [3.05, 3.63) is 34.2 Å². The van der Waals surface area contributed by atoms with E-state index in [1.54, 1.807) is 12.1 Å². The molecule has 0 aromatic heterocycles. The maximum Gasteiger partial charge on any atom is 0.265 e. The molecule has 0 radical (unpaired) electrons. The predicted molar refractivity (Wildman–Crippen MR) is 54.8 cm³/mol. The first-order chi connectivity index (χ1) is 6.47. The molecule has 0 spiro atoms. The van der Waals surface area contributed by atoms with Crippen molar-refractivity contribution in [3.63, 3.8) is 0 Å². The van der Waals surface area contributed by atoms with Gasteiger partial charge in [0.25, 0.3) is 10.0 Å². The van der Waals surface area contributed by atoms with E-state index in [4.69, 9.17) is 5.53 Å². The Hall–Kier alpha value is -1.17. The first kappa shape index (κ1) is 10.9. The standard InChI is InChI=1S/C7H7N3O2S2/c1-5-2-3-7(6(13)4-5)14(11,12)10-9-8/h2-4,13H,1H3. The number of hydrogen-bond acceptors (Lipinski definition) is 3. The molecule has 0 heterocycles. The van der Waals surface area contributed by atoms with Gasteiger partial charge in [0.2, 0.25) is 0 Å². The molecular formula is C7H7N3O2S2. The molecule has 0 unspecified atom stereocenters. The Kier molecular flexibility index (Phi) is 3.05. The number of nitrogens with zero attached hydrogens (tertiary/aromatic N) is 3. The molecule has 0 atom stereocenters. The zero-order valence-corrected chi connectivity index (χ0v) is 8.96. The third-order valence-electron chi connectivity index (χ3n) is 1.54. The van der Waals surface area contributed by atoms with E-state index in [9.17, 15) is 8.42 Å². The van der Waals surface area contributed by atoms with Crippen LogP contribution in [0.5, 0.6) is 0 Å². The van der Waals surface area contributed by atoms with Crippen molar-refractivity contribution in [3.8, 4) is 0 Å². The Morgan fingerprint density at radius 1 is 1.50 bits per heavy atom. The Morgan fingerprint density at radius 3 is 2.64 bits per heavy atom. The van der Waals surface area contributed by atoms with Gasteiger partial charge in [0, 0.05) is 14.3 Å². The molecular weight excluding hydrogens is 222 g/mol. The summed E-state index contributed by atoms with van der Waals surface area (Å²) in [7, 11) is -3.93. The third kappa shape index (κ3) is 2.20. The van der Waals surface area contributed by atoms with Gasteiger partial charge < -0.3 is 0 Å². The first-order valence-electron chi connectivity index (χ1n) is 3.58. The highest BCUT2D eigenvalue weighted by molar-refractivity contribution is 7.91. The summed E-state index contributed by atoms with van der Waals surface area (Å²) in [5.41, 5.74) is 8.95. The highest BCUT2D eigenvalue weighted by atomic mass is 32.2. The van der Waals surface area contributed by atoms with E-state index in [-0.39, 0.29) is 9.79 Å². The normalized spacial score (nSPS) is 10.7. The van der Waals surface area contributed by atoms with Crippen molar-refractivity contribution in [2.75, 3.05) is 0 Å². The van der Waals surface area contributed by atoms with E-state index in [1.807, 2.05) is 6.92 Å². The van der Waals surface area contributed by atoms with Gasteiger partial charge in [-0.3, -0.25) is 0 Å².